The number of amides is 3. The van der Waals surface area contributed by atoms with Crippen LogP contribution in [0.15, 0.2) is 30.5 Å². The number of hydrogen-bond acceptors (Lipinski definition) is 10. The minimum atomic E-state index is -2.01. The van der Waals surface area contributed by atoms with E-state index in [9.17, 15) is 14.4 Å². The second-order valence-corrected chi connectivity index (χ2v) is 11.1. The highest BCUT2D eigenvalue weighted by molar-refractivity contribution is 7.17. The van der Waals surface area contributed by atoms with E-state index < -0.39 is 11.1 Å². The Morgan fingerprint density at radius 1 is 1.12 bits per heavy atom. The van der Waals surface area contributed by atoms with Crippen LogP contribution in [0.5, 0.6) is 5.75 Å². The average molecular weight is 582 g/mol. The first-order chi connectivity index (χ1) is 19.9. The molecule has 12 nitrogen and oxygen atoms in total. The fraction of sp³-hybridized carbons (Fsp3) is 0.385. The lowest BCUT2D eigenvalue weighted by Crippen LogP contribution is -2.50. The van der Waals surface area contributed by atoms with Crippen LogP contribution in [0, 0.1) is 5.92 Å². The average Bonchev–Trinajstić information content (AvgIpc) is 3.66. The second-order valence-electron chi connectivity index (χ2n) is 10.1. The van der Waals surface area contributed by atoms with Crippen molar-refractivity contribution in [2.45, 2.75) is 24.5 Å². The van der Waals surface area contributed by atoms with Crippen molar-refractivity contribution >= 4 is 69.8 Å². The lowest BCUT2D eigenvalue weighted by molar-refractivity contribution is -0.117. The van der Waals surface area contributed by atoms with Crippen LogP contribution >= 0.6 is 11.3 Å². The molecule has 3 aromatic rings. The summed E-state index contributed by atoms with van der Waals surface area (Å²) in [6.07, 6.45) is 3.95. The molecule has 3 amide bonds. The van der Waals surface area contributed by atoms with E-state index in [0.29, 0.717) is 33.4 Å². The predicted octanol–water partition coefficient (Wildman–Crippen LogP) is 1.23. The molecule has 0 aliphatic heterocycles. The van der Waals surface area contributed by atoms with Crippen LogP contribution in [-0.2, 0) is 4.79 Å². The maximum atomic E-state index is 12.9. The Balaban J connectivity index is 1.61. The minimum absolute atomic E-state index is 0.0707. The van der Waals surface area contributed by atoms with Gasteiger partial charge in [-0.05, 0) is 52.0 Å². The molecule has 1 saturated carbocycles. The van der Waals surface area contributed by atoms with Gasteiger partial charge in [-0.25, -0.2) is 4.98 Å². The smallest absolute Gasteiger partial charge is 0.272 e. The van der Waals surface area contributed by atoms with Crippen LogP contribution in [0.25, 0.3) is 10.6 Å². The molecule has 1 fully saturated rings. The number of hydrogen-bond donors (Lipinski definition) is 4. The van der Waals surface area contributed by atoms with Gasteiger partial charge >= 0.3 is 0 Å². The van der Waals surface area contributed by atoms with Gasteiger partial charge in [0, 0.05) is 18.5 Å². The molecule has 1 aliphatic carbocycles. The molecular formula is C26H29B3N8O4S. The molecule has 2 heterocycles. The zero-order chi connectivity index (χ0) is 30.4. The lowest BCUT2D eigenvalue weighted by Gasteiger charge is -2.23. The molecule has 212 valence electrons. The van der Waals surface area contributed by atoms with Crippen molar-refractivity contribution in [3.63, 3.8) is 0 Å². The van der Waals surface area contributed by atoms with Crippen LogP contribution in [0.2, 0.25) is 0 Å². The number of anilines is 3. The summed E-state index contributed by atoms with van der Waals surface area (Å²) >= 11 is 1.22. The van der Waals surface area contributed by atoms with E-state index in [-0.39, 0.29) is 34.9 Å². The van der Waals surface area contributed by atoms with E-state index >= 15 is 0 Å². The molecule has 2 aromatic heterocycles. The number of thiazole rings is 1. The number of nitrogens with one attached hydrogen (secondary N) is 4. The number of aromatic nitrogens is 3. The van der Waals surface area contributed by atoms with Gasteiger partial charge in [-0.15, -0.1) is 21.5 Å². The topological polar surface area (TPSA) is 150 Å². The standard InChI is InChI=1S/C26H29B3N8O4S/c1-37(2)11-5-10-30-23(39)18-13-31-25(42-18)15-6-4-7-16(21(15)41-3)32-17-12-19(33-22(38)14-8-9-14)35-36-20(17)24(40)34-26(27,28)29/h4,6-7,12-14H,5,8-11H2,1-3H3,(H,30,39)(H,34,40)(H2,32,33,35,38). The fourth-order valence-electron chi connectivity index (χ4n) is 3.90. The Morgan fingerprint density at radius 2 is 1.88 bits per heavy atom. The maximum Gasteiger partial charge on any atom is 0.272 e. The van der Waals surface area contributed by atoms with E-state index in [1.165, 1.54) is 30.7 Å². The first kappa shape index (κ1) is 31.0. The van der Waals surface area contributed by atoms with Crippen molar-refractivity contribution in [3.05, 3.63) is 41.0 Å². The summed E-state index contributed by atoms with van der Waals surface area (Å²) in [5.41, 5.74) is 1.05. The summed E-state index contributed by atoms with van der Waals surface area (Å²) in [6.45, 7) is 1.41. The number of benzene rings is 1. The number of rotatable bonds is 13. The second kappa shape index (κ2) is 13.4. The summed E-state index contributed by atoms with van der Waals surface area (Å²) in [5, 5.41) is 17.5. The number of methoxy groups -OCH3 is 1. The van der Waals surface area contributed by atoms with Crippen LogP contribution in [0.4, 0.5) is 17.2 Å². The van der Waals surface area contributed by atoms with Gasteiger partial charge in [-0.2, -0.15) is 0 Å². The van der Waals surface area contributed by atoms with Crippen molar-refractivity contribution in [1.82, 2.24) is 30.7 Å². The summed E-state index contributed by atoms with van der Waals surface area (Å²) in [6, 6.07) is 6.74. The van der Waals surface area contributed by atoms with Crippen molar-refractivity contribution < 1.29 is 19.1 Å². The highest BCUT2D eigenvalue weighted by Crippen LogP contribution is 2.40. The van der Waals surface area contributed by atoms with Gasteiger partial charge in [0.1, 0.15) is 9.88 Å². The Labute approximate surface area is 252 Å². The molecule has 4 rings (SSSR count). The molecule has 6 radical (unpaired) electrons. The summed E-state index contributed by atoms with van der Waals surface area (Å²) < 4.78 is 5.72. The third-order valence-corrected chi connectivity index (χ3v) is 7.08. The molecule has 16 heteroatoms. The number of para-hydroxylation sites is 1. The van der Waals surface area contributed by atoms with Gasteiger partial charge in [-0.1, -0.05) is 11.3 Å². The quantitative estimate of drug-likeness (QED) is 0.173. The zero-order valence-electron chi connectivity index (χ0n) is 23.6. The van der Waals surface area contributed by atoms with Crippen molar-refractivity contribution in [2.75, 3.05) is 44.9 Å². The van der Waals surface area contributed by atoms with E-state index in [4.69, 9.17) is 28.3 Å². The van der Waals surface area contributed by atoms with E-state index in [0.717, 1.165) is 25.8 Å². The van der Waals surface area contributed by atoms with Crippen molar-refractivity contribution in [1.29, 1.82) is 0 Å². The van der Waals surface area contributed by atoms with Gasteiger partial charge in [0.15, 0.2) is 17.3 Å². The molecule has 0 bridgehead atoms. The van der Waals surface area contributed by atoms with Crippen LogP contribution in [0.3, 0.4) is 0 Å². The number of carbonyl (C=O) groups is 3. The lowest BCUT2D eigenvalue weighted by atomic mass is 9.49. The van der Waals surface area contributed by atoms with Crippen molar-refractivity contribution in [3.8, 4) is 16.3 Å². The summed E-state index contributed by atoms with van der Waals surface area (Å²) in [7, 11) is 22.1. The van der Waals surface area contributed by atoms with Gasteiger partial charge < -0.3 is 30.9 Å². The van der Waals surface area contributed by atoms with E-state index in [2.05, 4.69) is 41.3 Å². The highest BCUT2D eigenvalue weighted by atomic mass is 32.1. The number of ether oxygens (including phenoxy) is 1. The van der Waals surface area contributed by atoms with E-state index in [1.807, 2.05) is 14.1 Å². The van der Waals surface area contributed by atoms with Gasteiger partial charge in [-0.3, -0.25) is 14.4 Å². The normalized spacial score (nSPS) is 13.0. The summed E-state index contributed by atoms with van der Waals surface area (Å²) in [4.78, 5) is 44.8. The molecule has 4 N–H and O–H groups in total. The van der Waals surface area contributed by atoms with Gasteiger partial charge in [0.05, 0.1) is 53.8 Å². The predicted molar refractivity (Wildman–Crippen MR) is 164 cm³/mol. The molecular weight excluding hydrogens is 553 g/mol. The van der Waals surface area contributed by atoms with Crippen LogP contribution < -0.4 is 26.0 Å². The minimum Gasteiger partial charge on any atom is -0.494 e. The molecule has 0 spiro atoms. The fourth-order valence-corrected chi connectivity index (χ4v) is 4.76. The van der Waals surface area contributed by atoms with E-state index in [1.54, 1.807) is 18.2 Å². The molecule has 1 aliphatic rings. The Kier molecular flexibility index (Phi) is 9.89. The highest BCUT2D eigenvalue weighted by Gasteiger charge is 2.30. The van der Waals surface area contributed by atoms with Gasteiger partial charge in [0.2, 0.25) is 5.91 Å². The van der Waals surface area contributed by atoms with Crippen LogP contribution in [-0.4, -0.2) is 101 Å². The SMILES string of the molecule is [B]C([B])([B])NC(=O)c1nnc(NC(=O)C2CC2)cc1Nc1cccc(-c2ncc(C(=O)NCCCN(C)C)s2)c1OC. The zero-order valence-corrected chi connectivity index (χ0v) is 24.4. The molecule has 1 aromatic carbocycles. The largest absolute Gasteiger partial charge is 0.494 e. The van der Waals surface area contributed by atoms with Gasteiger partial charge in [0.25, 0.3) is 11.8 Å². The molecule has 0 atom stereocenters. The first-order valence-electron chi connectivity index (χ1n) is 13.2. The Morgan fingerprint density at radius 3 is 2.55 bits per heavy atom. The third kappa shape index (κ3) is 8.32. The third-order valence-electron chi connectivity index (χ3n) is 6.05. The van der Waals surface area contributed by atoms with Crippen molar-refractivity contribution in [2.24, 2.45) is 5.92 Å². The Bertz CT molecular complexity index is 1460. The number of nitrogens with zero attached hydrogens (tertiary/aromatic N) is 4. The monoisotopic (exact) mass is 582 g/mol. The maximum absolute atomic E-state index is 12.9. The first-order valence-corrected chi connectivity index (χ1v) is 14.0. The molecule has 42 heavy (non-hydrogen) atoms. The molecule has 0 unspecified atom stereocenters. The summed E-state index contributed by atoms with van der Waals surface area (Å²) in [5.74, 6) is -0.726. The number of carbonyl (C=O) groups excluding carboxylic acids is 3. The Hall–Kier alpha value is -3.91. The molecule has 0 saturated heterocycles. The van der Waals surface area contributed by atoms with Crippen LogP contribution in [0.1, 0.15) is 39.4 Å².